The topological polar surface area (TPSA) is 72.2 Å². The zero-order chi connectivity index (χ0) is 14.4. The van der Waals surface area contributed by atoms with Gasteiger partial charge in [-0.25, -0.2) is 0 Å². The van der Waals surface area contributed by atoms with E-state index in [1.807, 2.05) is 12.1 Å². The Kier molecular flexibility index (Phi) is 2.90. The van der Waals surface area contributed by atoms with Crippen LogP contribution in [-0.2, 0) is 0 Å². The zero-order valence-electron chi connectivity index (χ0n) is 10.8. The van der Waals surface area contributed by atoms with E-state index in [1.54, 1.807) is 16.6 Å². The first-order valence-corrected chi connectivity index (χ1v) is 7.70. The number of benzene rings is 1. The van der Waals surface area contributed by atoms with Gasteiger partial charge in [-0.05, 0) is 25.0 Å². The highest BCUT2D eigenvalue weighted by atomic mass is 35.5. The molecule has 0 unspecified atom stereocenters. The molecule has 0 saturated heterocycles. The van der Waals surface area contributed by atoms with Crippen LogP contribution in [0.15, 0.2) is 24.3 Å². The number of aromatic nitrogens is 4. The number of halogens is 1. The molecule has 21 heavy (non-hydrogen) atoms. The van der Waals surface area contributed by atoms with Crippen molar-refractivity contribution in [3.05, 3.63) is 40.1 Å². The number of hydrogen-bond donors (Lipinski definition) is 1. The third kappa shape index (κ3) is 2.28. The number of carbonyl (C=O) groups is 1. The van der Waals surface area contributed by atoms with Crippen molar-refractivity contribution in [1.82, 2.24) is 19.8 Å². The number of fused-ring (bicyclic) bond motifs is 1. The van der Waals surface area contributed by atoms with Gasteiger partial charge in [0.05, 0.1) is 10.7 Å². The first kappa shape index (κ1) is 12.7. The minimum absolute atomic E-state index is 0.291. The van der Waals surface area contributed by atoms with E-state index in [4.69, 9.17) is 11.6 Å². The fraction of sp³-hybridized carbons (Fsp3) is 0.231. The molecule has 0 spiro atoms. The highest BCUT2D eigenvalue weighted by molar-refractivity contribution is 7.18. The SMILES string of the molecule is O=C(Nc1ccccc1Cl)c1nn2c(C3CC3)nnc2s1. The molecule has 1 fully saturated rings. The molecule has 0 radical (unpaired) electrons. The molecule has 0 aliphatic heterocycles. The molecule has 4 rings (SSSR count). The van der Waals surface area contributed by atoms with Crippen LogP contribution >= 0.6 is 22.9 Å². The van der Waals surface area contributed by atoms with E-state index >= 15 is 0 Å². The number of rotatable bonds is 3. The summed E-state index contributed by atoms with van der Waals surface area (Å²) in [5.41, 5.74) is 0.567. The first-order chi connectivity index (χ1) is 10.2. The quantitative estimate of drug-likeness (QED) is 0.805. The Morgan fingerprint density at radius 2 is 2.14 bits per heavy atom. The predicted octanol–water partition coefficient (Wildman–Crippen LogP) is 2.97. The summed E-state index contributed by atoms with van der Waals surface area (Å²) in [4.78, 5) is 12.9. The lowest BCUT2D eigenvalue weighted by Crippen LogP contribution is -2.12. The second-order valence-corrected chi connectivity index (χ2v) is 6.23. The lowest BCUT2D eigenvalue weighted by atomic mass is 10.3. The fourth-order valence-electron chi connectivity index (χ4n) is 2.06. The number of amides is 1. The summed E-state index contributed by atoms with van der Waals surface area (Å²) >= 11 is 7.25. The van der Waals surface area contributed by atoms with Crippen LogP contribution in [0.3, 0.4) is 0 Å². The summed E-state index contributed by atoms with van der Waals surface area (Å²) in [6.45, 7) is 0. The maximum absolute atomic E-state index is 12.2. The van der Waals surface area contributed by atoms with Gasteiger partial charge in [-0.15, -0.1) is 15.3 Å². The number of hydrogen-bond acceptors (Lipinski definition) is 5. The van der Waals surface area contributed by atoms with Gasteiger partial charge in [-0.2, -0.15) is 4.52 Å². The van der Waals surface area contributed by atoms with E-state index in [1.165, 1.54) is 11.3 Å². The third-order valence-electron chi connectivity index (χ3n) is 3.27. The van der Waals surface area contributed by atoms with E-state index in [0.29, 0.717) is 26.6 Å². The molecule has 1 aliphatic rings. The highest BCUT2D eigenvalue weighted by Crippen LogP contribution is 2.39. The Bertz CT molecular complexity index is 838. The Morgan fingerprint density at radius 3 is 2.90 bits per heavy atom. The molecular weight excluding hydrogens is 310 g/mol. The van der Waals surface area contributed by atoms with Gasteiger partial charge in [0, 0.05) is 5.92 Å². The van der Waals surface area contributed by atoms with Gasteiger partial charge in [-0.1, -0.05) is 35.1 Å². The minimum Gasteiger partial charge on any atom is -0.318 e. The molecule has 1 N–H and O–H groups in total. The lowest BCUT2D eigenvalue weighted by Gasteiger charge is -2.04. The second kappa shape index (κ2) is 4.78. The van der Waals surface area contributed by atoms with Crippen molar-refractivity contribution in [2.24, 2.45) is 0 Å². The van der Waals surface area contributed by atoms with E-state index < -0.39 is 0 Å². The van der Waals surface area contributed by atoms with Crippen LogP contribution in [0.5, 0.6) is 0 Å². The molecular formula is C13H10ClN5OS. The summed E-state index contributed by atoms with van der Waals surface area (Å²) in [7, 11) is 0. The molecule has 8 heteroatoms. The third-order valence-corrected chi connectivity index (χ3v) is 4.50. The lowest BCUT2D eigenvalue weighted by molar-refractivity contribution is 0.102. The van der Waals surface area contributed by atoms with E-state index in [0.717, 1.165) is 18.7 Å². The largest absolute Gasteiger partial charge is 0.318 e. The van der Waals surface area contributed by atoms with Crippen molar-refractivity contribution in [2.45, 2.75) is 18.8 Å². The summed E-state index contributed by atoms with van der Waals surface area (Å²) in [5.74, 6) is 0.986. The molecule has 2 heterocycles. The number of nitrogens with one attached hydrogen (secondary N) is 1. The smallest absolute Gasteiger partial charge is 0.286 e. The zero-order valence-corrected chi connectivity index (χ0v) is 12.4. The number of carbonyl (C=O) groups excluding carboxylic acids is 1. The van der Waals surface area contributed by atoms with Gasteiger partial charge in [0.1, 0.15) is 0 Å². The summed E-state index contributed by atoms with van der Waals surface area (Å²) in [5, 5.41) is 16.1. The van der Waals surface area contributed by atoms with Crippen LogP contribution < -0.4 is 5.32 Å². The molecule has 3 aromatic rings. The van der Waals surface area contributed by atoms with Crippen LogP contribution in [-0.4, -0.2) is 25.7 Å². The van der Waals surface area contributed by atoms with Gasteiger partial charge in [0.25, 0.3) is 5.91 Å². The maximum atomic E-state index is 12.2. The maximum Gasteiger partial charge on any atom is 0.286 e. The van der Waals surface area contributed by atoms with Crippen LogP contribution in [0.4, 0.5) is 5.69 Å². The molecule has 1 aromatic carbocycles. The van der Waals surface area contributed by atoms with Crippen LogP contribution in [0.2, 0.25) is 5.02 Å². The number of para-hydroxylation sites is 1. The Balaban J connectivity index is 1.63. The van der Waals surface area contributed by atoms with E-state index in [9.17, 15) is 4.79 Å². The van der Waals surface area contributed by atoms with Crippen molar-refractivity contribution in [1.29, 1.82) is 0 Å². The van der Waals surface area contributed by atoms with Gasteiger partial charge in [0.2, 0.25) is 9.97 Å². The normalized spacial score (nSPS) is 14.5. The molecule has 6 nitrogen and oxygen atoms in total. The Labute approximate surface area is 128 Å². The summed E-state index contributed by atoms with van der Waals surface area (Å²) in [6, 6.07) is 7.09. The van der Waals surface area contributed by atoms with Crippen molar-refractivity contribution in [3.63, 3.8) is 0 Å². The van der Waals surface area contributed by atoms with Crippen LogP contribution in [0, 0.1) is 0 Å². The van der Waals surface area contributed by atoms with Gasteiger partial charge in [0.15, 0.2) is 5.82 Å². The monoisotopic (exact) mass is 319 g/mol. The number of nitrogens with zero attached hydrogens (tertiary/aromatic N) is 4. The minimum atomic E-state index is -0.291. The van der Waals surface area contributed by atoms with Gasteiger partial charge >= 0.3 is 0 Å². The van der Waals surface area contributed by atoms with Crippen molar-refractivity contribution in [3.8, 4) is 0 Å². The van der Waals surface area contributed by atoms with Gasteiger partial charge < -0.3 is 5.32 Å². The molecule has 0 bridgehead atoms. The fourth-order valence-corrected chi connectivity index (χ4v) is 2.98. The molecule has 1 amide bonds. The average molecular weight is 320 g/mol. The van der Waals surface area contributed by atoms with Crippen molar-refractivity contribution in [2.75, 3.05) is 5.32 Å². The van der Waals surface area contributed by atoms with Crippen LogP contribution in [0.25, 0.3) is 4.96 Å². The Morgan fingerprint density at radius 1 is 1.33 bits per heavy atom. The van der Waals surface area contributed by atoms with Gasteiger partial charge in [-0.3, -0.25) is 4.79 Å². The number of anilines is 1. The standard InChI is InChI=1S/C13H10ClN5OS/c14-8-3-1-2-4-9(8)15-11(20)12-18-19-10(7-5-6-7)16-17-13(19)21-12/h1-4,7H,5-6H2,(H,15,20). The molecule has 2 aromatic heterocycles. The molecule has 1 aliphatic carbocycles. The molecule has 1 saturated carbocycles. The highest BCUT2D eigenvalue weighted by Gasteiger charge is 2.30. The first-order valence-electron chi connectivity index (χ1n) is 6.50. The van der Waals surface area contributed by atoms with E-state index in [2.05, 4.69) is 20.6 Å². The molecule has 0 atom stereocenters. The summed E-state index contributed by atoms with van der Waals surface area (Å²) in [6.07, 6.45) is 2.22. The average Bonchev–Trinajstić information content (AvgIpc) is 3.09. The van der Waals surface area contributed by atoms with E-state index in [-0.39, 0.29) is 5.91 Å². The van der Waals surface area contributed by atoms with Crippen molar-refractivity contribution >= 4 is 39.5 Å². The van der Waals surface area contributed by atoms with Crippen LogP contribution in [0.1, 0.15) is 34.4 Å². The molecule has 106 valence electrons. The Hall–Kier alpha value is -1.99. The second-order valence-electron chi connectivity index (χ2n) is 4.87. The van der Waals surface area contributed by atoms with Crippen molar-refractivity contribution < 1.29 is 4.79 Å². The predicted molar refractivity (Wildman–Crippen MR) is 80.0 cm³/mol. The summed E-state index contributed by atoms with van der Waals surface area (Å²) < 4.78 is 1.67.